The number of nitrogens with zero attached hydrogens (tertiary/aromatic N) is 2. The van der Waals surface area contributed by atoms with Crippen LogP contribution < -0.4 is 5.32 Å². The van der Waals surface area contributed by atoms with Gasteiger partial charge in [0.1, 0.15) is 0 Å². The molecule has 4 heteroatoms. The van der Waals surface area contributed by atoms with Gasteiger partial charge in [0.05, 0.1) is 0 Å². The maximum Gasteiger partial charge on any atom is 0.193 e. The SMILES string of the molecule is CN=C(NCC(C)(C)c1ccc(Cl)cc1)N1CCCC1. The van der Waals surface area contributed by atoms with Crippen molar-refractivity contribution in [3.63, 3.8) is 0 Å². The zero-order chi connectivity index (χ0) is 14.6. The van der Waals surface area contributed by atoms with Gasteiger partial charge in [-0.15, -0.1) is 0 Å². The van der Waals surface area contributed by atoms with Crippen molar-refractivity contribution in [1.29, 1.82) is 0 Å². The van der Waals surface area contributed by atoms with Gasteiger partial charge in [-0.2, -0.15) is 0 Å². The van der Waals surface area contributed by atoms with Gasteiger partial charge in [-0.3, -0.25) is 4.99 Å². The molecule has 110 valence electrons. The summed E-state index contributed by atoms with van der Waals surface area (Å²) in [4.78, 5) is 6.72. The number of hydrogen-bond acceptors (Lipinski definition) is 1. The Labute approximate surface area is 127 Å². The topological polar surface area (TPSA) is 27.6 Å². The lowest BCUT2D eigenvalue weighted by Crippen LogP contribution is -2.44. The summed E-state index contributed by atoms with van der Waals surface area (Å²) in [5.41, 5.74) is 1.33. The summed E-state index contributed by atoms with van der Waals surface area (Å²) in [5, 5.41) is 4.29. The number of aliphatic imine (C=N–C) groups is 1. The largest absolute Gasteiger partial charge is 0.355 e. The maximum atomic E-state index is 5.96. The zero-order valence-electron chi connectivity index (χ0n) is 12.6. The Morgan fingerprint density at radius 2 is 1.85 bits per heavy atom. The van der Waals surface area contributed by atoms with Crippen LogP contribution in [0, 0.1) is 0 Å². The Morgan fingerprint density at radius 1 is 1.25 bits per heavy atom. The molecule has 0 bridgehead atoms. The van der Waals surface area contributed by atoms with Gasteiger partial charge in [0.2, 0.25) is 0 Å². The number of halogens is 1. The zero-order valence-corrected chi connectivity index (χ0v) is 13.4. The van der Waals surface area contributed by atoms with Crippen LogP contribution in [-0.4, -0.2) is 37.5 Å². The predicted molar refractivity (Wildman–Crippen MR) is 86.6 cm³/mol. The van der Waals surface area contributed by atoms with Crippen LogP contribution in [0.5, 0.6) is 0 Å². The lowest BCUT2D eigenvalue weighted by molar-refractivity contribution is 0.458. The molecule has 1 aromatic rings. The Bertz CT molecular complexity index is 459. The molecule has 20 heavy (non-hydrogen) atoms. The average Bonchev–Trinajstić information content (AvgIpc) is 2.94. The Hall–Kier alpha value is -1.22. The molecule has 1 fully saturated rings. The second kappa shape index (κ2) is 6.49. The highest BCUT2D eigenvalue weighted by atomic mass is 35.5. The van der Waals surface area contributed by atoms with E-state index in [0.717, 1.165) is 30.6 Å². The number of likely N-dealkylation sites (tertiary alicyclic amines) is 1. The van der Waals surface area contributed by atoms with Crippen LogP contribution >= 0.6 is 11.6 Å². The van der Waals surface area contributed by atoms with Crippen molar-refractivity contribution in [2.75, 3.05) is 26.7 Å². The minimum Gasteiger partial charge on any atom is -0.355 e. The van der Waals surface area contributed by atoms with Crippen LogP contribution in [0.2, 0.25) is 5.02 Å². The molecule has 3 nitrogen and oxygen atoms in total. The number of rotatable bonds is 3. The molecule has 1 aliphatic rings. The van der Waals surface area contributed by atoms with E-state index >= 15 is 0 Å². The second-order valence-electron chi connectivity index (χ2n) is 5.99. The van der Waals surface area contributed by atoms with E-state index in [1.807, 2.05) is 19.2 Å². The van der Waals surface area contributed by atoms with E-state index in [4.69, 9.17) is 11.6 Å². The van der Waals surface area contributed by atoms with Crippen LogP contribution in [0.4, 0.5) is 0 Å². The summed E-state index contributed by atoms with van der Waals surface area (Å²) in [6, 6.07) is 8.10. The maximum absolute atomic E-state index is 5.96. The first-order valence-corrected chi connectivity index (χ1v) is 7.62. The van der Waals surface area contributed by atoms with Gasteiger partial charge >= 0.3 is 0 Å². The molecule has 1 aliphatic heterocycles. The number of nitrogens with one attached hydrogen (secondary N) is 1. The quantitative estimate of drug-likeness (QED) is 0.684. The molecule has 1 saturated heterocycles. The second-order valence-corrected chi connectivity index (χ2v) is 6.42. The first-order valence-electron chi connectivity index (χ1n) is 7.24. The molecular formula is C16H24ClN3. The summed E-state index contributed by atoms with van der Waals surface area (Å²) in [7, 11) is 1.86. The minimum absolute atomic E-state index is 0.0419. The van der Waals surface area contributed by atoms with E-state index in [0.29, 0.717) is 0 Å². The van der Waals surface area contributed by atoms with Crippen molar-refractivity contribution in [1.82, 2.24) is 10.2 Å². The third kappa shape index (κ3) is 3.66. The number of guanidine groups is 1. The molecule has 1 N–H and O–H groups in total. The summed E-state index contributed by atoms with van der Waals surface area (Å²) in [6.07, 6.45) is 2.53. The molecule has 0 saturated carbocycles. The molecular weight excluding hydrogens is 270 g/mol. The van der Waals surface area contributed by atoms with E-state index < -0.39 is 0 Å². The number of hydrogen-bond donors (Lipinski definition) is 1. The van der Waals surface area contributed by atoms with Gasteiger partial charge in [0.15, 0.2) is 5.96 Å². The summed E-state index contributed by atoms with van der Waals surface area (Å²) in [5.74, 6) is 1.02. The number of benzene rings is 1. The average molecular weight is 294 g/mol. The van der Waals surface area contributed by atoms with Crippen molar-refractivity contribution in [2.45, 2.75) is 32.1 Å². The van der Waals surface area contributed by atoms with Crippen LogP contribution in [0.1, 0.15) is 32.3 Å². The van der Waals surface area contributed by atoms with Crippen molar-refractivity contribution < 1.29 is 0 Å². The Balaban J connectivity index is 1.99. The highest BCUT2D eigenvalue weighted by Crippen LogP contribution is 2.24. The fourth-order valence-corrected chi connectivity index (χ4v) is 2.69. The van der Waals surface area contributed by atoms with E-state index in [1.165, 1.54) is 18.4 Å². The molecule has 1 heterocycles. The first-order chi connectivity index (χ1) is 9.53. The molecule has 0 amide bonds. The fraction of sp³-hybridized carbons (Fsp3) is 0.562. The molecule has 0 atom stereocenters. The lowest BCUT2D eigenvalue weighted by Gasteiger charge is -2.29. The Kier molecular flexibility index (Phi) is 4.92. The van der Waals surface area contributed by atoms with Crippen LogP contribution in [0.3, 0.4) is 0 Å². The van der Waals surface area contributed by atoms with E-state index in [9.17, 15) is 0 Å². The summed E-state index contributed by atoms with van der Waals surface area (Å²) < 4.78 is 0. The van der Waals surface area contributed by atoms with Crippen LogP contribution in [0.25, 0.3) is 0 Å². The monoisotopic (exact) mass is 293 g/mol. The molecule has 0 radical (unpaired) electrons. The smallest absolute Gasteiger partial charge is 0.193 e. The molecule has 2 rings (SSSR count). The van der Waals surface area contributed by atoms with Gasteiger partial charge in [-0.05, 0) is 30.5 Å². The molecule has 0 unspecified atom stereocenters. The van der Waals surface area contributed by atoms with Crippen LogP contribution in [0.15, 0.2) is 29.3 Å². The molecule has 1 aromatic carbocycles. The third-order valence-electron chi connectivity index (χ3n) is 3.93. The van der Waals surface area contributed by atoms with Crippen molar-refractivity contribution in [2.24, 2.45) is 4.99 Å². The normalized spacial score (nSPS) is 16.6. The lowest BCUT2D eigenvalue weighted by atomic mass is 9.85. The molecule has 0 aromatic heterocycles. The van der Waals surface area contributed by atoms with Gasteiger partial charge in [0, 0.05) is 37.1 Å². The summed E-state index contributed by atoms with van der Waals surface area (Å²) in [6.45, 7) is 7.56. The first kappa shape index (κ1) is 15.2. The van der Waals surface area contributed by atoms with Crippen molar-refractivity contribution in [3.05, 3.63) is 34.9 Å². The van der Waals surface area contributed by atoms with E-state index in [2.05, 4.69) is 41.2 Å². The van der Waals surface area contributed by atoms with Gasteiger partial charge in [0.25, 0.3) is 0 Å². The van der Waals surface area contributed by atoms with Crippen molar-refractivity contribution in [3.8, 4) is 0 Å². The van der Waals surface area contributed by atoms with Gasteiger partial charge in [-0.25, -0.2) is 0 Å². The van der Waals surface area contributed by atoms with Gasteiger partial charge in [-0.1, -0.05) is 37.6 Å². The highest BCUT2D eigenvalue weighted by molar-refractivity contribution is 6.30. The minimum atomic E-state index is 0.0419. The molecule has 0 aliphatic carbocycles. The Morgan fingerprint density at radius 3 is 2.40 bits per heavy atom. The van der Waals surface area contributed by atoms with E-state index in [1.54, 1.807) is 0 Å². The molecule has 0 spiro atoms. The summed E-state index contributed by atoms with van der Waals surface area (Å²) >= 11 is 5.96. The standard InChI is InChI=1S/C16H24ClN3/c1-16(2,13-6-8-14(17)9-7-13)12-19-15(18-3)20-10-4-5-11-20/h6-9H,4-5,10-12H2,1-3H3,(H,18,19). The van der Waals surface area contributed by atoms with Crippen LogP contribution in [-0.2, 0) is 5.41 Å². The highest BCUT2D eigenvalue weighted by Gasteiger charge is 2.23. The van der Waals surface area contributed by atoms with Crippen molar-refractivity contribution >= 4 is 17.6 Å². The van der Waals surface area contributed by atoms with E-state index in [-0.39, 0.29) is 5.41 Å². The third-order valence-corrected chi connectivity index (χ3v) is 4.18. The van der Waals surface area contributed by atoms with Gasteiger partial charge < -0.3 is 10.2 Å². The fourth-order valence-electron chi connectivity index (χ4n) is 2.56. The predicted octanol–water partition coefficient (Wildman–Crippen LogP) is 3.29.